The summed E-state index contributed by atoms with van der Waals surface area (Å²) in [5.41, 5.74) is -0.355. The van der Waals surface area contributed by atoms with Crippen LogP contribution < -0.4 is 4.90 Å². The highest BCUT2D eigenvalue weighted by Gasteiger charge is 2.28. The van der Waals surface area contributed by atoms with Gasteiger partial charge in [0.15, 0.2) is 11.5 Å². The van der Waals surface area contributed by atoms with E-state index in [2.05, 4.69) is 4.98 Å². The van der Waals surface area contributed by atoms with Crippen molar-refractivity contribution in [2.24, 2.45) is 0 Å². The van der Waals surface area contributed by atoms with Crippen LogP contribution in [0.4, 0.5) is 14.5 Å². The van der Waals surface area contributed by atoms with E-state index < -0.39 is 41.2 Å². The largest absolute Gasteiger partial charge is 0.459 e. The number of amides is 1. The molecule has 0 aliphatic rings. The van der Waals surface area contributed by atoms with E-state index in [4.69, 9.17) is 9.15 Å². The van der Waals surface area contributed by atoms with Gasteiger partial charge in [-0.15, -0.1) is 0 Å². The van der Waals surface area contributed by atoms with Crippen molar-refractivity contribution in [3.05, 3.63) is 59.5 Å². The van der Waals surface area contributed by atoms with Gasteiger partial charge in [0.2, 0.25) is 0 Å². The molecule has 0 atom stereocenters. The normalized spacial score (nSPS) is 11.5. The molecule has 0 bridgehead atoms. The monoisotopic (exact) mass is 416 g/mol. The van der Waals surface area contributed by atoms with E-state index in [0.717, 1.165) is 23.1 Å². The van der Waals surface area contributed by atoms with E-state index in [9.17, 15) is 18.4 Å². The van der Waals surface area contributed by atoms with Gasteiger partial charge in [-0.25, -0.2) is 13.8 Å². The average molecular weight is 416 g/mol. The van der Waals surface area contributed by atoms with Crippen LogP contribution in [0.15, 0.2) is 40.8 Å². The maximum atomic E-state index is 14.3. The van der Waals surface area contributed by atoms with Gasteiger partial charge in [-0.3, -0.25) is 14.5 Å². The van der Waals surface area contributed by atoms with Crippen LogP contribution in [0.25, 0.3) is 11.1 Å². The zero-order valence-electron chi connectivity index (χ0n) is 17.2. The standard InChI is InChI=1S/C22H22F2N2O4/c1-5-18-25-16-11-13(9-10-17(16)29-18)26(12-19(27)30-22(2,3)4)21(28)20-14(23)7-6-8-15(20)24/h6-11H,5,12H2,1-4H3. The molecule has 0 unspecified atom stereocenters. The van der Waals surface area contributed by atoms with Crippen LogP contribution in [0.1, 0.15) is 43.9 Å². The van der Waals surface area contributed by atoms with Crippen LogP contribution in [-0.2, 0) is 16.0 Å². The van der Waals surface area contributed by atoms with Crippen molar-refractivity contribution in [2.75, 3.05) is 11.4 Å². The molecule has 6 nitrogen and oxygen atoms in total. The molecule has 0 aliphatic carbocycles. The number of halogens is 2. The van der Waals surface area contributed by atoms with Crippen LogP contribution in [0.2, 0.25) is 0 Å². The van der Waals surface area contributed by atoms with Crippen molar-refractivity contribution in [3.63, 3.8) is 0 Å². The number of aryl methyl sites for hydroxylation is 1. The van der Waals surface area contributed by atoms with Crippen LogP contribution in [-0.4, -0.2) is 29.0 Å². The summed E-state index contributed by atoms with van der Waals surface area (Å²) in [7, 11) is 0. The number of benzene rings is 2. The van der Waals surface area contributed by atoms with Gasteiger partial charge in [0.1, 0.15) is 34.9 Å². The van der Waals surface area contributed by atoms with Gasteiger partial charge in [0.05, 0.1) is 0 Å². The molecule has 0 spiro atoms. The number of esters is 1. The fourth-order valence-corrected chi connectivity index (χ4v) is 2.90. The SMILES string of the molecule is CCc1nc2cc(N(CC(=O)OC(C)(C)C)C(=O)c3c(F)cccc3F)ccc2o1. The molecule has 8 heteroatoms. The predicted molar refractivity (Wildman–Crippen MR) is 107 cm³/mol. The maximum Gasteiger partial charge on any atom is 0.326 e. The molecule has 3 aromatic rings. The molecular weight excluding hydrogens is 394 g/mol. The molecule has 0 fully saturated rings. The maximum absolute atomic E-state index is 14.3. The quantitative estimate of drug-likeness (QED) is 0.566. The van der Waals surface area contributed by atoms with E-state index in [1.165, 1.54) is 12.1 Å². The lowest BCUT2D eigenvalue weighted by Crippen LogP contribution is -2.39. The number of oxazole rings is 1. The van der Waals surface area contributed by atoms with Crippen molar-refractivity contribution in [1.29, 1.82) is 0 Å². The third-order valence-corrected chi connectivity index (χ3v) is 4.16. The van der Waals surface area contributed by atoms with E-state index in [-0.39, 0.29) is 5.69 Å². The lowest BCUT2D eigenvalue weighted by atomic mass is 10.1. The summed E-state index contributed by atoms with van der Waals surface area (Å²) in [5.74, 6) is -3.26. The Labute approximate surface area is 172 Å². The summed E-state index contributed by atoms with van der Waals surface area (Å²) in [6, 6.07) is 7.76. The molecule has 2 aromatic carbocycles. The van der Waals surface area contributed by atoms with Crippen molar-refractivity contribution in [3.8, 4) is 0 Å². The number of carbonyl (C=O) groups excluding carboxylic acids is 2. The predicted octanol–water partition coefficient (Wildman–Crippen LogP) is 4.66. The Hall–Kier alpha value is -3.29. The molecule has 1 heterocycles. The molecule has 1 aromatic heterocycles. The summed E-state index contributed by atoms with van der Waals surface area (Å²) in [5, 5.41) is 0. The number of hydrogen-bond acceptors (Lipinski definition) is 5. The first-order valence-corrected chi connectivity index (χ1v) is 9.46. The second-order valence-corrected chi connectivity index (χ2v) is 7.69. The number of anilines is 1. The van der Waals surface area contributed by atoms with Crippen LogP contribution in [0.5, 0.6) is 0 Å². The van der Waals surface area contributed by atoms with E-state index in [0.29, 0.717) is 23.4 Å². The van der Waals surface area contributed by atoms with Gasteiger partial charge in [-0.05, 0) is 51.1 Å². The number of carbonyl (C=O) groups is 2. The van der Waals surface area contributed by atoms with Gasteiger partial charge >= 0.3 is 5.97 Å². The van der Waals surface area contributed by atoms with Crippen LogP contribution >= 0.6 is 0 Å². The first-order chi connectivity index (χ1) is 14.1. The highest BCUT2D eigenvalue weighted by molar-refractivity contribution is 6.09. The first kappa shape index (κ1) is 21.4. The number of hydrogen-bond donors (Lipinski definition) is 0. The molecular formula is C22H22F2N2O4. The second-order valence-electron chi connectivity index (χ2n) is 7.69. The number of aromatic nitrogens is 1. The highest BCUT2D eigenvalue weighted by Crippen LogP contribution is 2.26. The molecule has 30 heavy (non-hydrogen) atoms. The zero-order valence-corrected chi connectivity index (χ0v) is 17.2. The topological polar surface area (TPSA) is 72.6 Å². The minimum atomic E-state index is -1.02. The molecule has 0 saturated heterocycles. The number of ether oxygens (including phenoxy) is 1. The highest BCUT2D eigenvalue weighted by atomic mass is 19.1. The van der Waals surface area contributed by atoms with Gasteiger partial charge in [-0.2, -0.15) is 0 Å². The van der Waals surface area contributed by atoms with E-state index in [1.54, 1.807) is 26.8 Å². The van der Waals surface area contributed by atoms with Crippen LogP contribution in [0.3, 0.4) is 0 Å². The summed E-state index contributed by atoms with van der Waals surface area (Å²) < 4.78 is 39.4. The molecule has 1 amide bonds. The Morgan fingerprint density at radius 1 is 1.13 bits per heavy atom. The Morgan fingerprint density at radius 2 is 1.80 bits per heavy atom. The third-order valence-electron chi connectivity index (χ3n) is 4.16. The van der Waals surface area contributed by atoms with Crippen LogP contribution in [0, 0.1) is 11.6 Å². The minimum Gasteiger partial charge on any atom is -0.459 e. The van der Waals surface area contributed by atoms with Crippen molar-refractivity contribution < 1.29 is 27.5 Å². The average Bonchev–Trinajstić information content (AvgIpc) is 3.06. The Bertz CT molecular complexity index is 1080. The summed E-state index contributed by atoms with van der Waals surface area (Å²) in [4.78, 5) is 30.8. The summed E-state index contributed by atoms with van der Waals surface area (Å²) >= 11 is 0. The fourth-order valence-electron chi connectivity index (χ4n) is 2.90. The van der Waals surface area contributed by atoms with Gasteiger partial charge in [0.25, 0.3) is 5.91 Å². The van der Waals surface area contributed by atoms with Gasteiger partial charge in [0, 0.05) is 12.1 Å². The summed E-state index contributed by atoms with van der Waals surface area (Å²) in [6.45, 7) is 6.39. The Balaban J connectivity index is 2.05. The molecule has 0 N–H and O–H groups in total. The number of rotatable bonds is 5. The molecule has 0 radical (unpaired) electrons. The van der Waals surface area contributed by atoms with Gasteiger partial charge < -0.3 is 9.15 Å². The first-order valence-electron chi connectivity index (χ1n) is 9.46. The third kappa shape index (κ3) is 4.64. The van der Waals surface area contributed by atoms with Gasteiger partial charge in [-0.1, -0.05) is 13.0 Å². The smallest absolute Gasteiger partial charge is 0.326 e. The molecule has 0 aliphatic heterocycles. The number of fused-ring (bicyclic) bond motifs is 1. The number of nitrogens with zero attached hydrogens (tertiary/aromatic N) is 2. The van der Waals surface area contributed by atoms with E-state index in [1.807, 2.05) is 6.92 Å². The summed E-state index contributed by atoms with van der Waals surface area (Å²) in [6.07, 6.45) is 0.574. The lowest BCUT2D eigenvalue weighted by molar-refractivity contribution is -0.152. The molecule has 158 valence electrons. The Morgan fingerprint density at radius 3 is 2.40 bits per heavy atom. The fraction of sp³-hybridized carbons (Fsp3) is 0.318. The van der Waals surface area contributed by atoms with Crippen molar-refractivity contribution in [2.45, 2.75) is 39.7 Å². The molecule has 3 rings (SSSR count). The lowest BCUT2D eigenvalue weighted by Gasteiger charge is -2.25. The molecule has 0 saturated carbocycles. The Kier molecular flexibility index (Phi) is 5.87. The van der Waals surface area contributed by atoms with Crippen molar-refractivity contribution in [1.82, 2.24) is 4.98 Å². The second kappa shape index (κ2) is 8.22. The van der Waals surface area contributed by atoms with Crippen molar-refractivity contribution >= 4 is 28.7 Å². The minimum absolute atomic E-state index is 0.233. The van der Waals surface area contributed by atoms with E-state index >= 15 is 0 Å². The zero-order chi connectivity index (χ0) is 22.1.